The fraction of sp³-hybridized carbons (Fsp3) is 0.818. The Morgan fingerprint density at radius 2 is 2.05 bits per heavy atom. The van der Waals surface area contributed by atoms with Gasteiger partial charge in [0.25, 0.3) is 0 Å². The largest absolute Gasteiger partial charge is 0.459 e. The van der Waals surface area contributed by atoms with Crippen LogP contribution in [-0.4, -0.2) is 54.1 Å². The van der Waals surface area contributed by atoms with Crippen LogP contribution in [0.25, 0.3) is 0 Å². The lowest BCUT2D eigenvalue weighted by atomic mass is 9.78. The molecule has 1 heterocycles. The van der Waals surface area contributed by atoms with Crippen molar-refractivity contribution in [3.05, 3.63) is 0 Å². The minimum atomic E-state index is -5.72. The van der Waals surface area contributed by atoms with Gasteiger partial charge in [0.2, 0.25) is 0 Å². The van der Waals surface area contributed by atoms with Crippen molar-refractivity contribution in [1.29, 1.82) is 0 Å². The number of halogens is 2. The summed E-state index contributed by atoms with van der Waals surface area (Å²) in [5.41, 5.74) is 0. The lowest BCUT2D eigenvalue weighted by Gasteiger charge is -2.27. The highest BCUT2D eigenvalue weighted by Crippen LogP contribution is 2.58. The topological polar surface area (TPSA) is 127 Å². The second kappa shape index (κ2) is 4.59. The third-order valence-corrected chi connectivity index (χ3v) is 5.48. The Balaban J connectivity index is 1.73. The number of ether oxygens (including phenoxy) is 2. The van der Waals surface area contributed by atoms with E-state index in [0.29, 0.717) is 6.42 Å². The van der Waals surface area contributed by atoms with E-state index in [4.69, 9.17) is 9.29 Å². The average Bonchev–Trinajstić information content (AvgIpc) is 2.98. The zero-order chi connectivity index (χ0) is 16.4. The van der Waals surface area contributed by atoms with E-state index in [9.17, 15) is 31.9 Å². The Hall–Kier alpha value is -1.33. The minimum Gasteiger partial charge on any atom is -0.459 e. The molecular weight excluding hydrogens is 330 g/mol. The molecule has 2 bridgehead atoms. The van der Waals surface area contributed by atoms with Crippen LogP contribution in [0.2, 0.25) is 0 Å². The first kappa shape index (κ1) is 15.6. The van der Waals surface area contributed by atoms with Gasteiger partial charge in [-0.15, -0.1) is 0 Å². The summed E-state index contributed by atoms with van der Waals surface area (Å²) < 4.78 is 64.5. The standard InChI is InChI=1S/C11H12F2O8S/c12-11(13,22(17,18)19)2-20-9(15)5-3-1-4-6(5)10(16)21-8(4)7(3)14/h3-8,14H,1-2H2,(H,17,18,19). The van der Waals surface area contributed by atoms with Crippen molar-refractivity contribution in [2.75, 3.05) is 6.61 Å². The van der Waals surface area contributed by atoms with E-state index in [-0.39, 0.29) is 5.92 Å². The first-order chi connectivity index (χ1) is 10.0. The van der Waals surface area contributed by atoms with Crippen LogP contribution in [0.5, 0.6) is 0 Å². The maximum atomic E-state index is 13.1. The summed E-state index contributed by atoms with van der Waals surface area (Å²) in [6, 6.07) is 0. The fourth-order valence-electron chi connectivity index (χ4n) is 3.67. The molecule has 6 atom stereocenters. The van der Waals surface area contributed by atoms with E-state index < -0.39 is 63.9 Å². The van der Waals surface area contributed by atoms with E-state index in [0.717, 1.165) is 0 Å². The Kier molecular flexibility index (Phi) is 3.24. The molecule has 0 aromatic heterocycles. The summed E-state index contributed by atoms with van der Waals surface area (Å²) >= 11 is 0. The lowest BCUT2D eigenvalue weighted by molar-refractivity contribution is -0.161. The third-order valence-electron chi connectivity index (χ3n) is 4.61. The van der Waals surface area contributed by atoms with Crippen molar-refractivity contribution in [3.8, 4) is 0 Å². The number of hydrogen-bond acceptors (Lipinski definition) is 7. The maximum absolute atomic E-state index is 13.1. The Labute approximate surface area is 123 Å². The number of esters is 2. The molecule has 2 saturated carbocycles. The quantitative estimate of drug-likeness (QED) is 0.501. The number of fused-ring (bicyclic) bond motifs is 1. The Morgan fingerprint density at radius 1 is 1.41 bits per heavy atom. The summed E-state index contributed by atoms with van der Waals surface area (Å²) in [6.07, 6.45) is -1.44. The van der Waals surface area contributed by atoms with Crippen molar-refractivity contribution in [2.45, 2.75) is 23.9 Å². The van der Waals surface area contributed by atoms with Crippen molar-refractivity contribution >= 4 is 22.1 Å². The van der Waals surface area contributed by atoms with Gasteiger partial charge in [-0.05, 0) is 6.42 Å². The predicted octanol–water partition coefficient (Wildman–Crippen LogP) is -0.821. The molecule has 0 spiro atoms. The van der Waals surface area contributed by atoms with Gasteiger partial charge >= 0.3 is 27.3 Å². The molecule has 2 aliphatic carbocycles. The summed E-state index contributed by atoms with van der Waals surface area (Å²) in [5, 5.41) is 5.29. The van der Waals surface area contributed by atoms with Gasteiger partial charge in [0.05, 0.1) is 17.9 Å². The zero-order valence-electron chi connectivity index (χ0n) is 10.9. The highest BCUT2D eigenvalue weighted by atomic mass is 32.2. The van der Waals surface area contributed by atoms with Crippen molar-refractivity contribution in [2.24, 2.45) is 23.7 Å². The van der Waals surface area contributed by atoms with Crippen LogP contribution < -0.4 is 0 Å². The Bertz CT molecular complexity index is 632. The lowest BCUT2D eigenvalue weighted by Crippen LogP contribution is -2.43. The van der Waals surface area contributed by atoms with E-state index in [2.05, 4.69) is 4.74 Å². The summed E-state index contributed by atoms with van der Waals surface area (Å²) in [6.45, 7) is -1.86. The monoisotopic (exact) mass is 342 g/mol. The average molecular weight is 342 g/mol. The number of carbonyl (C=O) groups is 2. The smallest absolute Gasteiger partial charge is 0.402 e. The molecule has 2 N–H and O–H groups in total. The SMILES string of the molecule is O=C(OCC(F)(F)S(=O)(=O)O)C1C2CC3C(OC(=O)C31)C2O. The highest BCUT2D eigenvalue weighted by Gasteiger charge is 2.68. The summed E-state index contributed by atoms with van der Waals surface area (Å²) in [4.78, 5) is 23.6. The number of alkyl halides is 2. The van der Waals surface area contributed by atoms with E-state index in [1.54, 1.807) is 0 Å². The molecule has 0 amide bonds. The van der Waals surface area contributed by atoms with Gasteiger partial charge in [-0.3, -0.25) is 14.1 Å². The van der Waals surface area contributed by atoms with Crippen LogP contribution in [0.15, 0.2) is 0 Å². The van der Waals surface area contributed by atoms with Gasteiger partial charge in [0.1, 0.15) is 6.10 Å². The number of aliphatic hydroxyl groups is 1. The van der Waals surface area contributed by atoms with Gasteiger partial charge in [0, 0.05) is 11.8 Å². The Morgan fingerprint density at radius 3 is 2.64 bits per heavy atom. The molecule has 3 aliphatic rings. The first-order valence-electron chi connectivity index (χ1n) is 6.44. The predicted molar refractivity (Wildman–Crippen MR) is 61.9 cm³/mol. The number of carbonyl (C=O) groups excluding carboxylic acids is 2. The van der Waals surface area contributed by atoms with Crippen LogP contribution >= 0.6 is 0 Å². The second-order valence-electron chi connectivity index (χ2n) is 5.73. The molecule has 22 heavy (non-hydrogen) atoms. The van der Waals surface area contributed by atoms with Gasteiger partial charge in [-0.25, -0.2) is 0 Å². The van der Waals surface area contributed by atoms with Crippen LogP contribution in [-0.2, 0) is 29.2 Å². The molecule has 0 radical (unpaired) electrons. The molecular formula is C11H12F2O8S. The molecule has 1 aliphatic heterocycles. The molecule has 3 rings (SSSR count). The summed E-state index contributed by atoms with van der Waals surface area (Å²) in [7, 11) is -5.72. The minimum absolute atomic E-state index is 0.330. The van der Waals surface area contributed by atoms with E-state index in [1.165, 1.54) is 0 Å². The molecule has 8 nitrogen and oxygen atoms in total. The highest BCUT2D eigenvalue weighted by molar-refractivity contribution is 7.86. The number of aliphatic hydroxyl groups excluding tert-OH is 1. The van der Waals surface area contributed by atoms with Crippen molar-refractivity contribution in [3.63, 3.8) is 0 Å². The maximum Gasteiger partial charge on any atom is 0.402 e. The fourth-order valence-corrected chi connectivity index (χ4v) is 3.87. The van der Waals surface area contributed by atoms with Crippen molar-refractivity contribution in [1.82, 2.24) is 0 Å². The van der Waals surface area contributed by atoms with Crippen LogP contribution in [0, 0.1) is 23.7 Å². The molecule has 0 aromatic rings. The molecule has 6 unspecified atom stereocenters. The second-order valence-corrected chi connectivity index (χ2v) is 7.27. The van der Waals surface area contributed by atoms with Gasteiger partial charge in [-0.2, -0.15) is 17.2 Å². The van der Waals surface area contributed by atoms with E-state index >= 15 is 0 Å². The van der Waals surface area contributed by atoms with E-state index in [1.807, 2.05) is 0 Å². The molecule has 1 saturated heterocycles. The molecule has 0 aromatic carbocycles. The van der Waals surface area contributed by atoms with Gasteiger partial charge in [-0.1, -0.05) is 0 Å². The van der Waals surface area contributed by atoms with Crippen LogP contribution in [0.1, 0.15) is 6.42 Å². The number of hydrogen-bond donors (Lipinski definition) is 2. The molecule has 11 heteroatoms. The zero-order valence-corrected chi connectivity index (χ0v) is 11.7. The first-order valence-corrected chi connectivity index (χ1v) is 7.88. The third kappa shape index (κ3) is 2.02. The van der Waals surface area contributed by atoms with Crippen LogP contribution in [0.4, 0.5) is 8.78 Å². The van der Waals surface area contributed by atoms with Crippen molar-refractivity contribution < 1.29 is 45.9 Å². The van der Waals surface area contributed by atoms with Gasteiger partial charge in [0.15, 0.2) is 6.61 Å². The van der Waals surface area contributed by atoms with Crippen LogP contribution in [0.3, 0.4) is 0 Å². The van der Waals surface area contributed by atoms with Gasteiger partial charge < -0.3 is 14.6 Å². The number of rotatable bonds is 4. The molecule has 3 fully saturated rings. The molecule has 124 valence electrons. The summed E-state index contributed by atoms with van der Waals surface area (Å²) in [5.74, 6) is -4.95. The normalized spacial score (nSPS) is 39.9.